The number of imidazole rings is 2. The van der Waals surface area contributed by atoms with Gasteiger partial charge < -0.3 is 24.0 Å². The monoisotopic (exact) mass is 650 g/mol. The summed E-state index contributed by atoms with van der Waals surface area (Å²) in [6, 6.07) is 42.5. The minimum absolute atomic E-state index is 0.423. The Balaban J connectivity index is 1.02. The molecule has 0 spiro atoms. The SMILES string of the molecule is c1ccc(Cn2cccc2-c2nc(Nc3ccc(-c4cn5ccccc5n4)cc3)nc(Nc3ccc(-c4cn5ccccc5n4)cc3)n2)cc1. The molecule has 0 saturated carbocycles. The van der Waals surface area contributed by atoms with Crippen molar-refractivity contribution in [2.24, 2.45) is 0 Å². The molecule has 50 heavy (non-hydrogen) atoms. The van der Waals surface area contributed by atoms with Crippen LogP contribution in [0.15, 0.2) is 158 Å². The van der Waals surface area contributed by atoms with E-state index in [-0.39, 0.29) is 0 Å². The number of rotatable bonds is 9. The van der Waals surface area contributed by atoms with Crippen LogP contribution in [0.1, 0.15) is 5.56 Å². The number of aromatic nitrogens is 8. The van der Waals surface area contributed by atoms with Gasteiger partial charge in [0.2, 0.25) is 11.9 Å². The predicted molar refractivity (Wildman–Crippen MR) is 197 cm³/mol. The van der Waals surface area contributed by atoms with Crippen molar-refractivity contribution in [1.82, 2.24) is 38.3 Å². The second-order valence-corrected chi connectivity index (χ2v) is 11.9. The van der Waals surface area contributed by atoms with Crippen molar-refractivity contribution < 1.29 is 0 Å². The first-order chi connectivity index (χ1) is 24.7. The molecule has 0 fully saturated rings. The first-order valence-electron chi connectivity index (χ1n) is 16.3. The van der Waals surface area contributed by atoms with Gasteiger partial charge in [-0.2, -0.15) is 15.0 Å². The van der Waals surface area contributed by atoms with E-state index >= 15 is 0 Å². The molecule has 240 valence electrons. The Hall–Kier alpha value is -7.07. The summed E-state index contributed by atoms with van der Waals surface area (Å²) in [4.78, 5) is 24.0. The molecular weight excluding hydrogens is 621 g/mol. The van der Waals surface area contributed by atoms with Gasteiger partial charge in [-0.3, -0.25) is 0 Å². The first kappa shape index (κ1) is 29.1. The molecule has 2 N–H and O–H groups in total. The molecular formula is C40H30N10. The van der Waals surface area contributed by atoms with E-state index in [0.29, 0.717) is 24.3 Å². The number of pyridine rings is 2. The first-order valence-corrected chi connectivity index (χ1v) is 16.3. The van der Waals surface area contributed by atoms with E-state index in [1.807, 2.05) is 155 Å². The number of anilines is 4. The lowest BCUT2D eigenvalue weighted by atomic mass is 10.1. The maximum atomic E-state index is 4.88. The molecule has 0 bridgehead atoms. The van der Waals surface area contributed by atoms with Crippen LogP contribution in [0.2, 0.25) is 0 Å². The lowest BCUT2D eigenvalue weighted by Crippen LogP contribution is -2.08. The summed E-state index contributed by atoms with van der Waals surface area (Å²) in [5.74, 6) is 1.40. The van der Waals surface area contributed by atoms with Crippen molar-refractivity contribution in [2.75, 3.05) is 10.6 Å². The Bertz CT molecular complexity index is 2360. The van der Waals surface area contributed by atoms with E-state index in [1.165, 1.54) is 5.56 Å². The fourth-order valence-corrected chi connectivity index (χ4v) is 5.99. The number of nitrogens with one attached hydrogen (secondary N) is 2. The number of fused-ring (bicyclic) bond motifs is 2. The second kappa shape index (κ2) is 12.5. The van der Waals surface area contributed by atoms with Crippen LogP contribution in [0.3, 0.4) is 0 Å². The summed E-state index contributed by atoms with van der Waals surface area (Å²) >= 11 is 0. The molecule has 9 aromatic rings. The van der Waals surface area contributed by atoms with Gasteiger partial charge in [0.05, 0.1) is 17.1 Å². The van der Waals surface area contributed by atoms with E-state index in [4.69, 9.17) is 24.9 Å². The summed E-state index contributed by atoms with van der Waals surface area (Å²) in [6.45, 7) is 0.690. The standard InChI is InChI=1S/C40H30N10/c1-2-9-28(10-3-1)25-48-24-8-11-35(48)38-45-39(41-31-18-14-29(15-19-31)33-26-49-22-6-4-12-36(49)43-33)47-40(46-38)42-32-20-16-30(17-21-32)34-27-50-23-7-5-13-37(50)44-34/h1-24,26-27H,25H2,(H2,41,42,45,46,47). The minimum Gasteiger partial charge on any atom is -0.341 e. The van der Waals surface area contributed by atoms with Gasteiger partial charge in [0, 0.05) is 60.0 Å². The van der Waals surface area contributed by atoms with Gasteiger partial charge in [-0.25, -0.2) is 9.97 Å². The fourth-order valence-electron chi connectivity index (χ4n) is 5.99. The molecule has 10 nitrogen and oxygen atoms in total. The molecule has 0 aliphatic rings. The van der Waals surface area contributed by atoms with Crippen LogP contribution in [0, 0.1) is 0 Å². The van der Waals surface area contributed by atoms with Crippen LogP contribution in [-0.4, -0.2) is 38.3 Å². The molecule has 6 aromatic heterocycles. The van der Waals surface area contributed by atoms with Crippen molar-refractivity contribution in [3.05, 3.63) is 164 Å². The van der Waals surface area contributed by atoms with Crippen molar-refractivity contribution in [3.8, 4) is 34.0 Å². The van der Waals surface area contributed by atoms with Crippen LogP contribution in [0.25, 0.3) is 45.3 Å². The topological polar surface area (TPSA) is 102 Å². The Morgan fingerprint density at radius 1 is 0.460 bits per heavy atom. The van der Waals surface area contributed by atoms with Gasteiger partial charge >= 0.3 is 0 Å². The summed E-state index contributed by atoms with van der Waals surface area (Å²) in [5.41, 5.74) is 9.42. The largest absolute Gasteiger partial charge is 0.341 e. The van der Waals surface area contributed by atoms with Crippen molar-refractivity contribution in [2.45, 2.75) is 6.54 Å². The molecule has 10 heteroatoms. The number of hydrogen-bond acceptors (Lipinski definition) is 7. The predicted octanol–water partition coefficient (Wildman–Crippen LogP) is 8.51. The number of nitrogens with zero attached hydrogens (tertiary/aromatic N) is 8. The lowest BCUT2D eigenvalue weighted by molar-refractivity contribution is 0.806. The molecule has 9 rings (SSSR count). The third kappa shape index (κ3) is 5.93. The highest BCUT2D eigenvalue weighted by atomic mass is 15.2. The highest BCUT2D eigenvalue weighted by molar-refractivity contribution is 5.69. The number of benzene rings is 3. The van der Waals surface area contributed by atoms with Gasteiger partial charge in [-0.05, 0) is 66.2 Å². The highest BCUT2D eigenvalue weighted by Gasteiger charge is 2.14. The quantitative estimate of drug-likeness (QED) is 0.162. The van der Waals surface area contributed by atoms with Crippen molar-refractivity contribution in [3.63, 3.8) is 0 Å². The van der Waals surface area contributed by atoms with Crippen LogP contribution in [0.5, 0.6) is 0 Å². The molecule has 0 amide bonds. The van der Waals surface area contributed by atoms with Crippen LogP contribution >= 0.6 is 0 Å². The zero-order valence-electron chi connectivity index (χ0n) is 26.8. The third-order valence-electron chi connectivity index (χ3n) is 8.49. The summed E-state index contributed by atoms with van der Waals surface area (Å²) in [7, 11) is 0. The minimum atomic E-state index is 0.423. The second-order valence-electron chi connectivity index (χ2n) is 11.9. The van der Waals surface area contributed by atoms with Crippen molar-refractivity contribution in [1.29, 1.82) is 0 Å². The normalized spacial score (nSPS) is 11.3. The van der Waals surface area contributed by atoms with E-state index in [2.05, 4.69) is 27.3 Å². The molecule has 0 aliphatic carbocycles. The molecule has 0 saturated heterocycles. The summed E-state index contributed by atoms with van der Waals surface area (Å²) in [5, 5.41) is 6.81. The van der Waals surface area contributed by atoms with Gasteiger partial charge in [-0.15, -0.1) is 0 Å². The number of hydrogen-bond donors (Lipinski definition) is 2. The zero-order chi connectivity index (χ0) is 33.3. The fraction of sp³-hybridized carbons (Fsp3) is 0.0250. The van der Waals surface area contributed by atoms with Crippen LogP contribution in [0.4, 0.5) is 23.3 Å². The van der Waals surface area contributed by atoms with E-state index in [9.17, 15) is 0 Å². The Kier molecular flexibility index (Phi) is 7.28. The lowest BCUT2D eigenvalue weighted by Gasteiger charge is -2.13. The Labute approximate surface area is 287 Å². The molecule has 0 radical (unpaired) electrons. The van der Waals surface area contributed by atoms with E-state index < -0.39 is 0 Å². The molecule has 0 aliphatic heterocycles. The third-order valence-corrected chi connectivity index (χ3v) is 8.49. The van der Waals surface area contributed by atoms with Gasteiger partial charge in [-0.1, -0.05) is 66.7 Å². The van der Waals surface area contributed by atoms with Gasteiger partial charge in [0.1, 0.15) is 11.3 Å². The van der Waals surface area contributed by atoms with Crippen LogP contribution in [-0.2, 0) is 6.54 Å². The Morgan fingerprint density at radius 2 is 1.00 bits per heavy atom. The van der Waals surface area contributed by atoms with Gasteiger partial charge in [0.25, 0.3) is 0 Å². The van der Waals surface area contributed by atoms with E-state index in [0.717, 1.165) is 50.9 Å². The maximum Gasteiger partial charge on any atom is 0.232 e. The molecule has 0 unspecified atom stereocenters. The Morgan fingerprint density at radius 3 is 1.54 bits per heavy atom. The molecule has 6 heterocycles. The summed E-state index contributed by atoms with van der Waals surface area (Å²) in [6.07, 6.45) is 10.1. The molecule has 0 atom stereocenters. The van der Waals surface area contributed by atoms with E-state index in [1.54, 1.807) is 0 Å². The van der Waals surface area contributed by atoms with Crippen molar-refractivity contribution >= 4 is 34.6 Å². The average molecular weight is 651 g/mol. The maximum absolute atomic E-state index is 4.88. The van der Waals surface area contributed by atoms with Gasteiger partial charge in [0.15, 0.2) is 5.82 Å². The summed E-state index contributed by atoms with van der Waals surface area (Å²) < 4.78 is 6.18. The van der Waals surface area contributed by atoms with Crippen LogP contribution < -0.4 is 10.6 Å². The average Bonchev–Trinajstić information content (AvgIpc) is 3.91. The zero-order valence-corrected chi connectivity index (χ0v) is 26.8. The molecule has 3 aromatic carbocycles. The highest BCUT2D eigenvalue weighted by Crippen LogP contribution is 2.27. The smallest absolute Gasteiger partial charge is 0.232 e.